The lowest BCUT2D eigenvalue weighted by Gasteiger charge is -2.10. The van der Waals surface area contributed by atoms with Gasteiger partial charge in [0, 0.05) is 18.7 Å². The van der Waals surface area contributed by atoms with Crippen LogP contribution in [-0.2, 0) is 14.8 Å². The van der Waals surface area contributed by atoms with Gasteiger partial charge >= 0.3 is 0 Å². The standard InChI is InChI=1S/C10H15ClN2O3S/c1-16-5-2-6-17(14,15)13-10-7-8(11)3-4-9(10)12/h3-4,7,13H,2,5-6,12H2,1H3. The third kappa shape index (κ3) is 4.80. The highest BCUT2D eigenvalue weighted by Gasteiger charge is 2.12. The van der Waals surface area contributed by atoms with Gasteiger partial charge in [-0.15, -0.1) is 0 Å². The molecule has 0 aromatic heterocycles. The maximum atomic E-state index is 11.7. The number of rotatable bonds is 6. The predicted octanol–water partition coefficient (Wildman–Crippen LogP) is 1.70. The Morgan fingerprint density at radius 2 is 2.18 bits per heavy atom. The Morgan fingerprint density at radius 3 is 2.82 bits per heavy atom. The van der Waals surface area contributed by atoms with Crippen LogP contribution < -0.4 is 10.5 Å². The molecule has 0 atom stereocenters. The molecule has 0 saturated carbocycles. The third-order valence-electron chi connectivity index (χ3n) is 2.04. The van der Waals surface area contributed by atoms with Crippen LogP contribution in [0.4, 0.5) is 11.4 Å². The number of hydrogen-bond acceptors (Lipinski definition) is 4. The molecule has 0 amide bonds. The van der Waals surface area contributed by atoms with Crippen molar-refractivity contribution in [3.63, 3.8) is 0 Å². The zero-order valence-corrected chi connectivity index (χ0v) is 11.0. The molecule has 0 heterocycles. The molecule has 96 valence electrons. The molecule has 7 heteroatoms. The van der Waals surface area contributed by atoms with Crippen LogP contribution in [0.5, 0.6) is 0 Å². The fourth-order valence-corrected chi connectivity index (χ4v) is 2.51. The zero-order valence-electron chi connectivity index (χ0n) is 9.44. The van der Waals surface area contributed by atoms with E-state index in [1.165, 1.54) is 13.2 Å². The van der Waals surface area contributed by atoms with Gasteiger partial charge in [0.25, 0.3) is 0 Å². The first-order chi connectivity index (χ1) is 7.94. The van der Waals surface area contributed by atoms with Crippen molar-refractivity contribution in [3.05, 3.63) is 23.2 Å². The number of nitrogens with two attached hydrogens (primary N) is 1. The van der Waals surface area contributed by atoms with Crippen molar-refractivity contribution < 1.29 is 13.2 Å². The Hall–Kier alpha value is -0.980. The van der Waals surface area contributed by atoms with Crippen molar-refractivity contribution >= 4 is 33.0 Å². The lowest BCUT2D eigenvalue weighted by atomic mass is 10.3. The van der Waals surface area contributed by atoms with E-state index in [0.29, 0.717) is 29.4 Å². The van der Waals surface area contributed by atoms with E-state index in [-0.39, 0.29) is 5.75 Å². The molecule has 0 fully saturated rings. The Morgan fingerprint density at radius 1 is 1.47 bits per heavy atom. The molecule has 0 aliphatic rings. The van der Waals surface area contributed by atoms with Crippen molar-refractivity contribution in [1.29, 1.82) is 0 Å². The summed E-state index contributed by atoms with van der Waals surface area (Å²) in [6.07, 6.45) is 0.423. The molecule has 1 rings (SSSR count). The molecular weight excluding hydrogens is 264 g/mol. The SMILES string of the molecule is COCCCS(=O)(=O)Nc1cc(Cl)ccc1N. The Balaban J connectivity index is 2.72. The minimum absolute atomic E-state index is 0.0210. The van der Waals surface area contributed by atoms with Crippen LogP contribution in [-0.4, -0.2) is 27.9 Å². The molecule has 17 heavy (non-hydrogen) atoms. The van der Waals surface area contributed by atoms with Gasteiger partial charge in [0.1, 0.15) is 0 Å². The number of sulfonamides is 1. The Labute approximate surface area is 106 Å². The summed E-state index contributed by atoms with van der Waals surface area (Å²) < 4.78 is 30.5. The van der Waals surface area contributed by atoms with Crippen molar-refractivity contribution in [1.82, 2.24) is 0 Å². The quantitative estimate of drug-likeness (QED) is 0.613. The Bertz CT molecular complexity index is 476. The highest BCUT2D eigenvalue weighted by molar-refractivity contribution is 7.92. The molecule has 0 unspecified atom stereocenters. The highest BCUT2D eigenvalue weighted by atomic mass is 35.5. The average Bonchev–Trinajstić information content (AvgIpc) is 2.23. The number of hydrogen-bond donors (Lipinski definition) is 2. The summed E-state index contributed by atoms with van der Waals surface area (Å²) in [4.78, 5) is 0. The Kier molecular flexibility index (Phi) is 5.04. The fraction of sp³-hybridized carbons (Fsp3) is 0.400. The largest absolute Gasteiger partial charge is 0.397 e. The van der Waals surface area contributed by atoms with E-state index in [0.717, 1.165) is 0 Å². The maximum absolute atomic E-state index is 11.7. The molecule has 0 spiro atoms. The summed E-state index contributed by atoms with van der Waals surface area (Å²) in [5, 5.41) is 0.425. The van der Waals surface area contributed by atoms with Crippen molar-refractivity contribution in [2.75, 3.05) is 29.9 Å². The summed E-state index contributed by atoms with van der Waals surface area (Å²) in [7, 11) is -1.89. The molecule has 0 aliphatic heterocycles. The maximum Gasteiger partial charge on any atom is 0.232 e. The topological polar surface area (TPSA) is 81.4 Å². The summed E-state index contributed by atoms with van der Waals surface area (Å²) >= 11 is 5.76. The van der Waals surface area contributed by atoms with Crippen LogP contribution in [0.3, 0.4) is 0 Å². The molecule has 3 N–H and O–H groups in total. The lowest BCUT2D eigenvalue weighted by Crippen LogP contribution is -2.18. The van der Waals surface area contributed by atoms with Gasteiger partial charge in [0.15, 0.2) is 0 Å². The van der Waals surface area contributed by atoms with Gasteiger partial charge < -0.3 is 10.5 Å². The first-order valence-electron chi connectivity index (χ1n) is 4.99. The van der Waals surface area contributed by atoms with Crippen LogP contribution in [0.1, 0.15) is 6.42 Å². The second-order valence-corrected chi connectivity index (χ2v) is 5.78. The molecule has 0 bridgehead atoms. The monoisotopic (exact) mass is 278 g/mol. The van der Waals surface area contributed by atoms with Gasteiger partial charge in [-0.25, -0.2) is 8.42 Å². The summed E-state index contributed by atoms with van der Waals surface area (Å²) in [6, 6.07) is 4.62. The minimum atomic E-state index is -3.41. The van der Waals surface area contributed by atoms with Crippen LogP contribution >= 0.6 is 11.6 Å². The molecule has 0 aliphatic carbocycles. The fourth-order valence-electron chi connectivity index (χ4n) is 1.23. The van der Waals surface area contributed by atoms with Gasteiger partial charge in [0.05, 0.1) is 17.1 Å². The number of benzene rings is 1. The number of methoxy groups -OCH3 is 1. The van der Waals surface area contributed by atoms with E-state index < -0.39 is 10.0 Å². The van der Waals surface area contributed by atoms with Gasteiger partial charge in [0.2, 0.25) is 10.0 Å². The predicted molar refractivity (Wildman–Crippen MR) is 69.8 cm³/mol. The zero-order chi connectivity index (χ0) is 12.9. The van der Waals surface area contributed by atoms with E-state index in [4.69, 9.17) is 22.1 Å². The first kappa shape index (κ1) is 14.1. The smallest absolute Gasteiger partial charge is 0.232 e. The van der Waals surface area contributed by atoms with E-state index in [2.05, 4.69) is 4.72 Å². The second kappa shape index (κ2) is 6.09. The average molecular weight is 279 g/mol. The number of halogens is 1. The number of nitrogen functional groups attached to an aromatic ring is 1. The number of anilines is 2. The van der Waals surface area contributed by atoms with Crippen LogP contribution in [0, 0.1) is 0 Å². The number of ether oxygens (including phenoxy) is 1. The first-order valence-corrected chi connectivity index (χ1v) is 7.02. The minimum Gasteiger partial charge on any atom is -0.397 e. The van der Waals surface area contributed by atoms with Gasteiger partial charge in [-0.2, -0.15) is 0 Å². The summed E-state index contributed by atoms with van der Waals surface area (Å²) in [5.74, 6) is -0.0210. The van der Waals surface area contributed by atoms with Crippen molar-refractivity contribution in [2.24, 2.45) is 0 Å². The van der Waals surface area contributed by atoms with Crippen LogP contribution in [0.2, 0.25) is 5.02 Å². The molecule has 5 nitrogen and oxygen atoms in total. The van der Waals surface area contributed by atoms with Crippen LogP contribution in [0.15, 0.2) is 18.2 Å². The lowest BCUT2D eigenvalue weighted by molar-refractivity contribution is 0.199. The highest BCUT2D eigenvalue weighted by Crippen LogP contribution is 2.23. The van der Waals surface area contributed by atoms with Gasteiger partial charge in [-0.05, 0) is 24.6 Å². The molecular formula is C10H15ClN2O3S. The van der Waals surface area contributed by atoms with Gasteiger partial charge in [-0.1, -0.05) is 11.6 Å². The molecule has 1 aromatic rings. The third-order valence-corrected chi connectivity index (χ3v) is 3.63. The summed E-state index contributed by atoms with van der Waals surface area (Å²) in [5.41, 5.74) is 6.28. The molecule has 1 aromatic carbocycles. The van der Waals surface area contributed by atoms with E-state index in [1.54, 1.807) is 12.1 Å². The summed E-state index contributed by atoms with van der Waals surface area (Å²) in [6.45, 7) is 0.395. The van der Waals surface area contributed by atoms with E-state index >= 15 is 0 Å². The van der Waals surface area contributed by atoms with Crippen LogP contribution in [0.25, 0.3) is 0 Å². The van der Waals surface area contributed by atoms with E-state index in [9.17, 15) is 8.42 Å². The molecule has 0 saturated heterocycles. The second-order valence-electron chi connectivity index (χ2n) is 3.50. The van der Waals surface area contributed by atoms with E-state index in [1.807, 2.05) is 0 Å². The normalized spacial score (nSPS) is 11.4. The molecule has 0 radical (unpaired) electrons. The van der Waals surface area contributed by atoms with Gasteiger partial charge in [-0.3, -0.25) is 4.72 Å². The van der Waals surface area contributed by atoms with Crippen molar-refractivity contribution in [2.45, 2.75) is 6.42 Å². The number of nitrogens with one attached hydrogen (secondary N) is 1. The van der Waals surface area contributed by atoms with Crippen molar-refractivity contribution in [3.8, 4) is 0 Å².